The standard InChI is InChI=1S/C17H17NO6S/c1-9(19)10-4-6-11(7-5-10)24-8-12-13(16(20)22-2)15(18)25-14(12)17(21)23-3/h4-7H,8,18H2,1-3H3. The summed E-state index contributed by atoms with van der Waals surface area (Å²) in [6, 6.07) is 6.51. The van der Waals surface area contributed by atoms with Crippen molar-refractivity contribution in [2.45, 2.75) is 13.5 Å². The Hall–Kier alpha value is -2.87. The van der Waals surface area contributed by atoms with Crippen molar-refractivity contribution in [1.29, 1.82) is 0 Å². The molecule has 1 aromatic carbocycles. The molecule has 2 aromatic rings. The van der Waals surface area contributed by atoms with Crippen molar-refractivity contribution in [3.8, 4) is 5.75 Å². The molecule has 1 aromatic heterocycles. The van der Waals surface area contributed by atoms with Gasteiger partial charge in [-0.3, -0.25) is 4.79 Å². The summed E-state index contributed by atoms with van der Waals surface area (Å²) >= 11 is 0.937. The lowest BCUT2D eigenvalue weighted by atomic mass is 10.1. The molecule has 0 aliphatic heterocycles. The average Bonchev–Trinajstić information content (AvgIpc) is 2.95. The number of Topliss-reactive ketones (excluding diaryl/α,β-unsaturated/α-hetero) is 1. The number of carbonyl (C=O) groups excluding carboxylic acids is 3. The van der Waals surface area contributed by atoms with Crippen molar-refractivity contribution in [3.63, 3.8) is 0 Å². The first kappa shape index (κ1) is 18.5. The molecule has 0 aliphatic carbocycles. The van der Waals surface area contributed by atoms with E-state index in [-0.39, 0.29) is 27.8 Å². The Kier molecular flexibility index (Phi) is 5.76. The fourth-order valence-electron chi connectivity index (χ4n) is 2.15. The van der Waals surface area contributed by atoms with Gasteiger partial charge in [0.15, 0.2) is 5.78 Å². The first-order valence-corrected chi connectivity index (χ1v) is 8.02. The van der Waals surface area contributed by atoms with Crippen LogP contribution in [0.3, 0.4) is 0 Å². The van der Waals surface area contributed by atoms with Gasteiger partial charge in [0.1, 0.15) is 27.8 Å². The molecule has 1 heterocycles. The van der Waals surface area contributed by atoms with Crippen LogP contribution in [-0.2, 0) is 16.1 Å². The highest BCUT2D eigenvalue weighted by molar-refractivity contribution is 7.18. The number of hydrogen-bond donors (Lipinski definition) is 1. The van der Waals surface area contributed by atoms with Gasteiger partial charge in [-0.15, -0.1) is 11.3 Å². The molecule has 0 aliphatic rings. The van der Waals surface area contributed by atoms with Crippen LogP contribution in [0.2, 0.25) is 0 Å². The summed E-state index contributed by atoms with van der Waals surface area (Å²) < 4.78 is 15.1. The molecule has 132 valence electrons. The molecular weight excluding hydrogens is 346 g/mol. The van der Waals surface area contributed by atoms with Gasteiger partial charge in [-0.2, -0.15) is 0 Å². The van der Waals surface area contributed by atoms with E-state index >= 15 is 0 Å². The van der Waals surface area contributed by atoms with Crippen LogP contribution in [0.1, 0.15) is 42.9 Å². The van der Waals surface area contributed by atoms with Crippen molar-refractivity contribution in [2.24, 2.45) is 0 Å². The van der Waals surface area contributed by atoms with Crippen LogP contribution < -0.4 is 10.5 Å². The number of carbonyl (C=O) groups is 3. The van der Waals surface area contributed by atoms with Crippen LogP contribution in [0.25, 0.3) is 0 Å². The second-order valence-corrected chi connectivity index (χ2v) is 6.05. The summed E-state index contributed by atoms with van der Waals surface area (Å²) in [4.78, 5) is 35.4. The molecule has 2 N–H and O–H groups in total. The number of nitrogens with two attached hydrogens (primary N) is 1. The molecule has 0 bridgehead atoms. The van der Waals surface area contributed by atoms with Crippen LogP contribution in [-0.4, -0.2) is 31.9 Å². The minimum absolute atomic E-state index is 0.0573. The Morgan fingerprint density at radius 2 is 1.64 bits per heavy atom. The molecule has 8 heteroatoms. The summed E-state index contributed by atoms with van der Waals surface area (Å²) in [5.41, 5.74) is 6.80. The van der Waals surface area contributed by atoms with Gasteiger partial charge >= 0.3 is 11.9 Å². The minimum Gasteiger partial charge on any atom is -0.489 e. The van der Waals surface area contributed by atoms with E-state index in [4.69, 9.17) is 19.9 Å². The maximum atomic E-state index is 12.0. The van der Waals surface area contributed by atoms with E-state index < -0.39 is 11.9 Å². The number of rotatable bonds is 6. The van der Waals surface area contributed by atoms with E-state index in [1.165, 1.54) is 21.1 Å². The molecule has 0 amide bonds. The summed E-state index contributed by atoms with van der Waals surface area (Å²) in [6.45, 7) is 1.39. The van der Waals surface area contributed by atoms with Gasteiger partial charge in [0.05, 0.1) is 14.2 Å². The zero-order valence-corrected chi connectivity index (χ0v) is 14.8. The molecule has 0 saturated carbocycles. The van der Waals surface area contributed by atoms with Crippen LogP contribution in [0.5, 0.6) is 5.75 Å². The highest BCUT2D eigenvalue weighted by atomic mass is 32.1. The molecule has 25 heavy (non-hydrogen) atoms. The molecule has 7 nitrogen and oxygen atoms in total. The lowest BCUT2D eigenvalue weighted by molar-refractivity contribution is 0.0598. The SMILES string of the molecule is COC(=O)c1sc(N)c(C(=O)OC)c1COc1ccc(C(C)=O)cc1. The van der Waals surface area contributed by atoms with Crippen LogP contribution in [0.15, 0.2) is 24.3 Å². The van der Waals surface area contributed by atoms with Crippen molar-refractivity contribution < 1.29 is 28.6 Å². The number of ketones is 1. The zero-order valence-electron chi connectivity index (χ0n) is 14.0. The summed E-state index contributed by atoms with van der Waals surface area (Å²) in [5, 5.41) is 0.151. The van der Waals surface area contributed by atoms with Gasteiger partial charge in [-0.1, -0.05) is 0 Å². The number of anilines is 1. The third-order valence-corrected chi connectivity index (χ3v) is 4.48. The first-order chi connectivity index (χ1) is 11.9. The van der Waals surface area contributed by atoms with Gasteiger partial charge in [0.2, 0.25) is 0 Å². The zero-order chi connectivity index (χ0) is 18.6. The molecule has 0 radical (unpaired) electrons. The Bertz CT molecular complexity index is 809. The van der Waals surface area contributed by atoms with E-state index in [9.17, 15) is 14.4 Å². The fourth-order valence-corrected chi connectivity index (χ4v) is 3.13. The van der Waals surface area contributed by atoms with Crippen molar-refractivity contribution in [2.75, 3.05) is 20.0 Å². The van der Waals surface area contributed by atoms with E-state index in [0.29, 0.717) is 16.9 Å². The molecule has 0 unspecified atom stereocenters. The monoisotopic (exact) mass is 363 g/mol. The van der Waals surface area contributed by atoms with Crippen molar-refractivity contribution >= 4 is 34.1 Å². The Balaban J connectivity index is 2.31. The van der Waals surface area contributed by atoms with E-state index in [1.807, 2.05) is 0 Å². The number of hydrogen-bond acceptors (Lipinski definition) is 8. The lowest BCUT2D eigenvalue weighted by Gasteiger charge is -2.09. The lowest BCUT2D eigenvalue weighted by Crippen LogP contribution is -2.11. The average molecular weight is 363 g/mol. The number of benzene rings is 1. The van der Waals surface area contributed by atoms with Gasteiger partial charge in [-0.25, -0.2) is 9.59 Å². The largest absolute Gasteiger partial charge is 0.489 e. The fraction of sp³-hybridized carbons (Fsp3) is 0.235. The predicted octanol–water partition coefficient (Wildman–Crippen LogP) is 2.69. The smallest absolute Gasteiger partial charge is 0.348 e. The second kappa shape index (κ2) is 7.80. The second-order valence-electron chi connectivity index (χ2n) is 5.00. The Morgan fingerprint density at radius 1 is 1.04 bits per heavy atom. The van der Waals surface area contributed by atoms with Crippen molar-refractivity contribution in [3.05, 3.63) is 45.8 Å². The topological polar surface area (TPSA) is 105 Å². The van der Waals surface area contributed by atoms with Gasteiger partial charge in [0, 0.05) is 11.1 Å². The highest BCUT2D eigenvalue weighted by Gasteiger charge is 2.27. The number of thiophene rings is 1. The highest BCUT2D eigenvalue weighted by Crippen LogP contribution is 2.33. The third kappa shape index (κ3) is 3.97. The maximum Gasteiger partial charge on any atom is 0.348 e. The van der Waals surface area contributed by atoms with Crippen LogP contribution >= 0.6 is 11.3 Å². The minimum atomic E-state index is -0.658. The summed E-state index contributed by atoms with van der Waals surface area (Å²) in [6.07, 6.45) is 0. The normalized spacial score (nSPS) is 10.2. The quantitative estimate of drug-likeness (QED) is 0.621. The molecule has 0 spiro atoms. The summed E-state index contributed by atoms with van der Waals surface area (Å²) in [7, 11) is 2.46. The molecule has 0 saturated heterocycles. The van der Waals surface area contributed by atoms with E-state index in [2.05, 4.69) is 0 Å². The van der Waals surface area contributed by atoms with Gasteiger partial charge in [0.25, 0.3) is 0 Å². The van der Waals surface area contributed by atoms with E-state index in [0.717, 1.165) is 11.3 Å². The number of nitrogen functional groups attached to an aromatic ring is 1. The number of ether oxygens (including phenoxy) is 3. The van der Waals surface area contributed by atoms with Gasteiger partial charge < -0.3 is 19.9 Å². The Morgan fingerprint density at radius 3 is 2.16 bits per heavy atom. The summed E-state index contributed by atoms with van der Waals surface area (Å²) in [5.74, 6) is -0.855. The van der Waals surface area contributed by atoms with Crippen LogP contribution in [0.4, 0.5) is 5.00 Å². The number of methoxy groups -OCH3 is 2. The predicted molar refractivity (Wildman–Crippen MR) is 92.2 cm³/mol. The molecule has 2 rings (SSSR count). The molecular formula is C17H17NO6S. The number of esters is 2. The van der Waals surface area contributed by atoms with Crippen LogP contribution in [0, 0.1) is 0 Å². The van der Waals surface area contributed by atoms with Crippen molar-refractivity contribution in [1.82, 2.24) is 0 Å². The first-order valence-electron chi connectivity index (χ1n) is 7.20. The maximum absolute atomic E-state index is 12.0. The van der Waals surface area contributed by atoms with Gasteiger partial charge in [-0.05, 0) is 31.2 Å². The Labute approximate surface area is 148 Å². The molecule has 0 fully saturated rings. The van der Waals surface area contributed by atoms with E-state index in [1.54, 1.807) is 24.3 Å². The third-order valence-electron chi connectivity index (χ3n) is 3.44. The molecule has 0 atom stereocenters.